The monoisotopic (exact) mass is 458 g/mol. The van der Waals surface area contributed by atoms with Crippen molar-refractivity contribution >= 4 is 5.78 Å². The van der Waals surface area contributed by atoms with Crippen molar-refractivity contribution in [3.05, 3.63) is 88.3 Å². The van der Waals surface area contributed by atoms with Crippen molar-refractivity contribution < 1.29 is 9.53 Å². The summed E-state index contributed by atoms with van der Waals surface area (Å²) < 4.78 is 5.98. The van der Waals surface area contributed by atoms with Gasteiger partial charge in [0.25, 0.3) is 0 Å². The van der Waals surface area contributed by atoms with Gasteiger partial charge in [0.2, 0.25) is 5.56 Å². The van der Waals surface area contributed by atoms with Crippen LogP contribution >= 0.6 is 0 Å². The Morgan fingerprint density at radius 2 is 1.65 bits per heavy atom. The van der Waals surface area contributed by atoms with Gasteiger partial charge in [-0.05, 0) is 81.3 Å². The molecule has 4 rings (SSSR count). The van der Waals surface area contributed by atoms with E-state index in [1.807, 2.05) is 48.5 Å². The third-order valence-electron chi connectivity index (χ3n) is 6.38. The van der Waals surface area contributed by atoms with Crippen LogP contribution in [0.5, 0.6) is 5.75 Å². The number of hydrogen-bond donors (Lipinski definition) is 2. The SMILES string of the molecule is CC1(C)CC(CC(=O)c2ccc(COc3cccc(-c4ccc(=O)[nH]c4)c3)cc2)CC(C)(C)N1. The first-order valence-electron chi connectivity index (χ1n) is 11.9. The maximum atomic E-state index is 12.9. The number of hydrogen-bond acceptors (Lipinski definition) is 4. The molecule has 1 aliphatic heterocycles. The minimum Gasteiger partial charge on any atom is -0.489 e. The zero-order valence-corrected chi connectivity index (χ0v) is 20.5. The second-order valence-electron chi connectivity index (χ2n) is 10.7. The molecule has 2 aromatic carbocycles. The topological polar surface area (TPSA) is 71.2 Å². The predicted octanol–water partition coefficient (Wildman–Crippen LogP) is 5.75. The Labute approximate surface area is 201 Å². The molecule has 0 unspecified atom stereocenters. The van der Waals surface area contributed by atoms with Crippen molar-refractivity contribution in [1.29, 1.82) is 0 Å². The summed E-state index contributed by atoms with van der Waals surface area (Å²) in [6.07, 6.45) is 4.29. The highest BCUT2D eigenvalue weighted by Crippen LogP contribution is 2.35. The number of aromatic amines is 1. The van der Waals surface area contributed by atoms with Gasteiger partial charge in [0.1, 0.15) is 12.4 Å². The van der Waals surface area contributed by atoms with Crippen LogP contribution in [0.1, 0.15) is 62.9 Å². The fourth-order valence-corrected chi connectivity index (χ4v) is 5.37. The van der Waals surface area contributed by atoms with Crippen LogP contribution in [0.2, 0.25) is 0 Å². The Balaban J connectivity index is 1.35. The minimum absolute atomic E-state index is 0.0446. The fourth-order valence-electron chi connectivity index (χ4n) is 5.37. The van der Waals surface area contributed by atoms with E-state index in [0.29, 0.717) is 18.9 Å². The molecule has 1 aliphatic rings. The number of carbonyl (C=O) groups excluding carboxylic acids is 1. The summed E-state index contributed by atoms with van der Waals surface area (Å²) in [7, 11) is 0. The van der Waals surface area contributed by atoms with Crippen molar-refractivity contribution in [3.8, 4) is 16.9 Å². The molecule has 5 nitrogen and oxygen atoms in total. The number of carbonyl (C=O) groups is 1. The number of nitrogens with one attached hydrogen (secondary N) is 2. The normalized spacial score (nSPS) is 17.3. The Bertz CT molecular complexity index is 1170. The maximum absolute atomic E-state index is 12.9. The van der Waals surface area contributed by atoms with Crippen LogP contribution < -0.4 is 15.6 Å². The van der Waals surface area contributed by atoms with E-state index in [1.165, 1.54) is 6.07 Å². The van der Waals surface area contributed by atoms with E-state index in [-0.39, 0.29) is 22.4 Å². The number of benzene rings is 2. The van der Waals surface area contributed by atoms with Crippen LogP contribution in [-0.2, 0) is 6.61 Å². The van der Waals surface area contributed by atoms with Gasteiger partial charge in [0.05, 0.1) is 0 Å². The standard InChI is InChI=1S/C29H34N2O3/c1-28(2)16-21(17-29(3,4)31-28)14-26(32)22-10-8-20(9-11-22)19-34-25-7-5-6-23(15-25)24-12-13-27(33)30-18-24/h5-13,15,18,21,31H,14,16-17,19H2,1-4H3,(H,30,33). The first kappa shape index (κ1) is 24.0. The van der Waals surface area contributed by atoms with Gasteiger partial charge in [0.15, 0.2) is 5.78 Å². The number of H-pyrrole nitrogens is 1. The zero-order valence-electron chi connectivity index (χ0n) is 20.5. The Kier molecular flexibility index (Phi) is 6.76. The Morgan fingerprint density at radius 1 is 0.941 bits per heavy atom. The molecule has 0 saturated carbocycles. The molecular weight excluding hydrogens is 424 g/mol. The average molecular weight is 459 g/mol. The quantitative estimate of drug-likeness (QED) is 0.442. The molecule has 1 aromatic heterocycles. The molecule has 2 heterocycles. The number of ether oxygens (including phenoxy) is 1. The van der Waals surface area contributed by atoms with E-state index in [2.05, 4.69) is 38.0 Å². The number of Topliss-reactive ketones (excluding diaryl/α,β-unsaturated/α-hetero) is 1. The second kappa shape index (κ2) is 9.59. The highest BCUT2D eigenvalue weighted by molar-refractivity contribution is 5.96. The molecule has 0 atom stereocenters. The van der Waals surface area contributed by atoms with Gasteiger partial charge in [-0.3, -0.25) is 9.59 Å². The van der Waals surface area contributed by atoms with Crippen LogP contribution in [0, 0.1) is 5.92 Å². The lowest BCUT2D eigenvalue weighted by Gasteiger charge is -2.46. The van der Waals surface area contributed by atoms with Gasteiger partial charge >= 0.3 is 0 Å². The van der Waals surface area contributed by atoms with Crippen molar-refractivity contribution in [2.75, 3.05) is 0 Å². The summed E-state index contributed by atoms with van der Waals surface area (Å²) in [6, 6.07) is 18.8. The molecule has 3 aromatic rings. The Hall–Kier alpha value is -3.18. The summed E-state index contributed by atoms with van der Waals surface area (Å²) in [4.78, 5) is 26.9. The average Bonchev–Trinajstić information content (AvgIpc) is 2.76. The van der Waals surface area contributed by atoms with Gasteiger partial charge in [-0.2, -0.15) is 0 Å². The highest BCUT2D eigenvalue weighted by Gasteiger charge is 2.38. The molecule has 0 aliphatic carbocycles. The molecule has 1 saturated heterocycles. The van der Waals surface area contributed by atoms with Gasteiger partial charge in [-0.25, -0.2) is 0 Å². The summed E-state index contributed by atoms with van der Waals surface area (Å²) >= 11 is 0. The maximum Gasteiger partial charge on any atom is 0.247 e. The third-order valence-corrected chi connectivity index (χ3v) is 6.38. The second-order valence-corrected chi connectivity index (χ2v) is 10.7. The molecule has 2 N–H and O–H groups in total. The lowest BCUT2D eigenvalue weighted by Crippen LogP contribution is -2.57. The van der Waals surface area contributed by atoms with E-state index in [4.69, 9.17) is 4.74 Å². The lowest BCUT2D eigenvalue weighted by molar-refractivity contribution is 0.0864. The number of aromatic nitrogens is 1. The zero-order chi connectivity index (χ0) is 24.3. The molecule has 0 radical (unpaired) electrons. The predicted molar refractivity (Wildman–Crippen MR) is 136 cm³/mol. The first-order chi connectivity index (χ1) is 16.1. The molecule has 34 heavy (non-hydrogen) atoms. The minimum atomic E-state index is -0.124. The van der Waals surface area contributed by atoms with E-state index >= 15 is 0 Å². The van der Waals surface area contributed by atoms with E-state index in [1.54, 1.807) is 12.3 Å². The molecule has 0 spiro atoms. The molecular formula is C29H34N2O3. The van der Waals surface area contributed by atoms with Crippen LogP contribution in [0.15, 0.2) is 71.7 Å². The fraction of sp³-hybridized carbons (Fsp3) is 0.379. The number of rotatable bonds is 7. The largest absolute Gasteiger partial charge is 0.489 e. The smallest absolute Gasteiger partial charge is 0.247 e. The van der Waals surface area contributed by atoms with Gasteiger partial charge in [-0.15, -0.1) is 0 Å². The van der Waals surface area contributed by atoms with Gasteiger partial charge < -0.3 is 15.0 Å². The van der Waals surface area contributed by atoms with E-state index in [0.717, 1.165) is 40.8 Å². The molecule has 5 heteroatoms. The van der Waals surface area contributed by atoms with Crippen LogP contribution in [0.4, 0.5) is 0 Å². The molecule has 0 amide bonds. The van der Waals surface area contributed by atoms with E-state index < -0.39 is 0 Å². The van der Waals surface area contributed by atoms with Crippen molar-refractivity contribution in [1.82, 2.24) is 10.3 Å². The highest BCUT2D eigenvalue weighted by atomic mass is 16.5. The van der Waals surface area contributed by atoms with Gasteiger partial charge in [-0.1, -0.05) is 36.4 Å². The third kappa shape index (κ3) is 6.23. The van der Waals surface area contributed by atoms with Crippen molar-refractivity contribution in [2.24, 2.45) is 5.92 Å². The summed E-state index contributed by atoms with van der Waals surface area (Å²) in [6.45, 7) is 9.29. The van der Waals surface area contributed by atoms with Crippen LogP contribution in [0.25, 0.3) is 11.1 Å². The number of pyridine rings is 1. The number of ketones is 1. The number of piperidine rings is 1. The summed E-state index contributed by atoms with van der Waals surface area (Å²) in [5.74, 6) is 1.34. The lowest BCUT2D eigenvalue weighted by atomic mass is 9.74. The summed E-state index contributed by atoms with van der Waals surface area (Å²) in [5.41, 5.74) is 3.63. The van der Waals surface area contributed by atoms with Crippen molar-refractivity contribution in [3.63, 3.8) is 0 Å². The molecule has 1 fully saturated rings. The first-order valence-corrected chi connectivity index (χ1v) is 11.9. The van der Waals surface area contributed by atoms with E-state index in [9.17, 15) is 9.59 Å². The Morgan fingerprint density at radius 3 is 2.29 bits per heavy atom. The molecule has 0 bridgehead atoms. The van der Waals surface area contributed by atoms with Crippen LogP contribution in [0.3, 0.4) is 0 Å². The van der Waals surface area contributed by atoms with Crippen molar-refractivity contribution in [2.45, 2.75) is 64.6 Å². The molecule has 178 valence electrons. The van der Waals surface area contributed by atoms with Gasteiger partial charge in [0, 0.05) is 35.3 Å². The summed E-state index contributed by atoms with van der Waals surface area (Å²) in [5, 5.41) is 3.69. The van der Waals surface area contributed by atoms with Crippen LogP contribution in [-0.4, -0.2) is 21.8 Å².